The Morgan fingerprint density at radius 3 is 2.86 bits per heavy atom. The number of benzene rings is 1. The van der Waals surface area contributed by atoms with Gasteiger partial charge in [0.1, 0.15) is 0 Å². The van der Waals surface area contributed by atoms with Gasteiger partial charge in [0.25, 0.3) is 0 Å². The van der Waals surface area contributed by atoms with E-state index < -0.39 is 0 Å². The number of nitrogens with zero attached hydrogens (tertiary/aromatic N) is 1. The van der Waals surface area contributed by atoms with Crippen LogP contribution in [0.25, 0.3) is 0 Å². The van der Waals surface area contributed by atoms with Gasteiger partial charge in [0.2, 0.25) is 0 Å². The lowest BCUT2D eigenvalue weighted by molar-refractivity contribution is 0.319. The normalized spacial score (nSPS) is 22.9. The largest absolute Gasteiger partial charge is 0.323 e. The zero-order valence-corrected chi connectivity index (χ0v) is 8.54. The Kier molecular flexibility index (Phi) is 1.87. The van der Waals surface area contributed by atoms with Crippen molar-refractivity contribution in [1.29, 1.82) is 5.26 Å². The summed E-state index contributed by atoms with van der Waals surface area (Å²) in [4.78, 5) is 0. The number of nitriles is 1. The van der Waals surface area contributed by atoms with Crippen molar-refractivity contribution in [1.82, 2.24) is 0 Å². The Bertz CT molecular complexity index is 413. The SMILES string of the molecule is CC1(C)Cc2cc(C#N)ccc2[C@@H]1N. The first-order valence-electron chi connectivity index (χ1n) is 4.83. The first kappa shape index (κ1) is 9.23. The maximum atomic E-state index is 8.78. The quantitative estimate of drug-likeness (QED) is 0.674. The standard InChI is InChI=1S/C12H14N2/c1-12(2)6-9-5-8(7-13)3-4-10(9)11(12)14/h3-5,11H,6,14H2,1-2H3/t11-/m0/s1. The van der Waals surface area contributed by atoms with E-state index in [-0.39, 0.29) is 11.5 Å². The Morgan fingerprint density at radius 2 is 2.21 bits per heavy atom. The van der Waals surface area contributed by atoms with Crippen molar-refractivity contribution in [2.75, 3.05) is 0 Å². The molecule has 0 saturated heterocycles. The molecule has 1 aromatic carbocycles. The Hall–Kier alpha value is -1.33. The van der Waals surface area contributed by atoms with Gasteiger partial charge in [-0.25, -0.2) is 0 Å². The minimum absolute atomic E-state index is 0.102. The molecule has 0 saturated carbocycles. The summed E-state index contributed by atoms with van der Waals surface area (Å²) in [6, 6.07) is 8.06. The molecule has 2 rings (SSSR count). The lowest BCUT2D eigenvalue weighted by Crippen LogP contribution is -2.24. The summed E-state index contributed by atoms with van der Waals surface area (Å²) in [5.74, 6) is 0. The van der Waals surface area contributed by atoms with Crippen molar-refractivity contribution in [2.24, 2.45) is 11.1 Å². The molecule has 1 atom stereocenters. The summed E-state index contributed by atoms with van der Waals surface area (Å²) in [7, 11) is 0. The topological polar surface area (TPSA) is 49.8 Å². The molecule has 0 unspecified atom stereocenters. The van der Waals surface area contributed by atoms with E-state index in [1.807, 2.05) is 18.2 Å². The second-order valence-corrected chi connectivity index (χ2v) is 4.67. The van der Waals surface area contributed by atoms with E-state index in [0.717, 1.165) is 12.0 Å². The average Bonchev–Trinajstić information content (AvgIpc) is 2.37. The highest BCUT2D eigenvalue weighted by Crippen LogP contribution is 2.43. The molecule has 2 N–H and O–H groups in total. The van der Waals surface area contributed by atoms with Crippen LogP contribution in [0.2, 0.25) is 0 Å². The molecule has 1 aromatic rings. The Labute approximate surface area is 84.3 Å². The van der Waals surface area contributed by atoms with Gasteiger partial charge in [-0.1, -0.05) is 19.9 Å². The highest BCUT2D eigenvalue weighted by atomic mass is 14.7. The van der Waals surface area contributed by atoms with Crippen LogP contribution >= 0.6 is 0 Å². The summed E-state index contributed by atoms with van der Waals surface area (Å²) in [6.45, 7) is 4.34. The predicted octanol–water partition coefficient (Wildman–Crippen LogP) is 2.14. The van der Waals surface area contributed by atoms with E-state index >= 15 is 0 Å². The van der Waals surface area contributed by atoms with Crippen molar-refractivity contribution >= 4 is 0 Å². The van der Waals surface area contributed by atoms with Crippen molar-refractivity contribution in [3.8, 4) is 6.07 Å². The van der Waals surface area contributed by atoms with Gasteiger partial charge in [0, 0.05) is 6.04 Å². The fraction of sp³-hybridized carbons (Fsp3) is 0.417. The maximum Gasteiger partial charge on any atom is 0.0991 e. The molecule has 0 amide bonds. The van der Waals surface area contributed by atoms with Crippen molar-refractivity contribution < 1.29 is 0 Å². The van der Waals surface area contributed by atoms with Crippen LogP contribution < -0.4 is 5.73 Å². The predicted molar refractivity (Wildman–Crippen MR) is 55.6 cm³/mol. The van der Waals surface area contributed by atoms with Crippen LogP contribution in [0.5, 0.6) is 0 Å². The summed E-state index contributed by atoms with van der Waals surface area (Å²) in [6.07, 6.45) is 0.971. The average molecular weight is 186 g/mol. The number of nitrogens with two attached hydrogens (primary N) is 1. The van der Waals surface area contributed by atoms with E-state index in [2.05, 4.69) is 19.9 Å². The summed E-state index contributed by atoms with van der Waals surface area (Å²) < 4.78 is 0. The van der Waals surface area contributed by atoms with Crippen molar-refractivity contribution in [3.63, 3.8) is 0 Å². The highest BCUT2D eigenvalue weighted by Gasteiger charge is 2.36. The Balaban J connectivity index is 2.50. The molecule has 0 spiro atoms. The third-order valence-corrected chi connectivity index (χ3v) is 3.10. The first-order chi connectivity index (χ1) is 6.54. The third kappa shape index (κ3) is 1.21. The van der Waals surface area contributed by atoms with E-state index in [1.54, 1.807) is 0 Å². The monoisotopic (exact) mass is 186 g/mol. The fourth-order valence-corrected chi connectivity index (χ4v) is 2.15. The van der Waals surface area contributed by atoms with Crippen LogP contribution in [0.4, 0.5) is 0 Å². The van der Waals surface area contributed by atoms with Gasteiger partial charge >= 0.3 is 0 Å². The molecule has 0 heterocycles. The minimum atomic E-state index is 0.102. The van der Waals surface area contributed by atoms with Crippen LogP contribution in [0.15, 0.2) is 18.2 Å². The van der Waals surface area contributed by atoms with E-state index in [1.165, 1.54) is 11.1 Å². The molecule has 2 heteroatoms. The van der Waals surface area contributed by atoms with Crippen molar-refractivity contribution in [3.05, 3.63) is 34.9 Å². The number of rotatable bonds is 0. The van der Waals surface area contributed by atoms with E-state index in [0.29, 0.717) is 0 Å². The molecular formula is C12H14N2. The van der Waals surface area contributed by atoms with Gasteiger partial charge in [-0.15, -0.1) is 0 Å². The number of hydrogen-bond acceptors (Lipinski definition) is 2. The first-order valence-corrected chi connectivity index (χ1v) is 4.83. The molecular weight excluding hydrogens is 172 g/mol. The molecule has 1 aliphatic rings. The molecule has 2 nitrogen and oxygen atoms in total. The van der Waals surface area contributed by atoms with Gasteiger partial charge in [0.05, 0.1) is 11.6 Å². The lowest BCUT2D eigenvalue weighted by Gasteiger charge is -2.23. The fourth-order valence-electron chi connectivity index (χ4n) is 2.15. The summed E-state index contributed by atoms with van der Waals surface area (Å²) >= 11 is 0. The van der Waals surface area contributed by atoms with Gasteiger partial charge in [0.15, 0.2) is 0 Å². The summed E-state index contributed by atoms with van der Waals surface area (Å²) in [5, 5.41) is 8.78. The van der Waals surface area contributed by atoms with Gasteiger partial charge < -0.3 is 5.73 Å². The Morgan fingerprint density at radius 1 is 1.50 bits per heavy atom. The smallest absolute Gasteiger partial charge is 0.0991 e. The van der Waals surface area contributed by atoms with E-state index in [4.69, 9.17) is 11.0 Å². The number of fused-ring (bicyclic) bond motifs is 1. The molecule has 0 aliphatic heterocycles. The van der Waals surface area contributed by atoms with Gasteiger partial charge in [-0.2, -0.15) is 5.26 Å². The van der Waals surface area contributed by atoms with Crippen LogP contribution in [0, 0.1) is 16.7 Å². The molecule has 1 aliphatic carbocycles. The highest BCUT2D eigenvalue weighted by molar-refractivity contribution is 5.43. The molecule has 14 heavy (non-hydrogen) atoms. The molecule has 0 aromatic heterocycles. The zero-order valence-electron chi connectivity index (χ0n) is 8.54. The molecule has 72 valence electrons. The van der Waals surface area contributed by atoms with Crippen LogP contribution in [-0.2, 0) is 6.42 Å². The van der Waals surface area contributed by atoms with Crippen LogP contribution in [0.1, 0.15) is 36.6 Å². The lowest BCUT2D eigenvalue weighted by atomic mass is 9.86. The molecule has 0 bridgehead atoms. The van der Waals surface area contributed by atoms with Gasteiger partial charge in [-0.05, 0) is 35.1 Å². The second-order valence-electron chi connectivity index (χ2n) is 4.67. The summed E-state index contributed by atoms with van der Waals surface area (Å²) in [5.41, 5.74) is 9.42. The molecule has 0 radical (unpaired) electrons. The zero-order chi connectivity index (χ0) is 10.3. The second kappa shape index (κ2) is 2.83. The van der Waals surface area contributed by atoms with Gasteiger partial charge in [-0.3, -0.25) is 0 Å². The maximum absolute atomic E-state index is 8.78. The molecule has 0 fully saturated rings. The van der Waals surface area contributed by atoms with Crippen LogP contribution in [0.3, 0.4) is 0 Å². The van der Waals surface area contributed by atoms with E-state index in [9.17, 15) is 0 Å². The number of hydrogen-bond donors (Lipinski definition) is 1. The third-order valence-electron chi connectivity index (χ3n) is 3.10. The van der Waals surface area contributed by atoms with Crippen LogP contribution in [-0.4, -0.2) is 0 Å². The minimum Gasteiger partial charge on any atom is -0.323 e. The van der Waals surface area contributed by atoms with Crippen molar-refractivity contribution in [2.45, 2.75) is 26.3 Å².